The van der Waals surface area contributed by atoms with Crippen LogP contribution in [0.4, 0.5) is 5.69 Å². The number of carbonyl (C=O) groups excluding carboxylic acids is 1. The van der Waals surface area contributed by atoms with Gasteiger partial charge in [0.25, 0.3) is 5.91 Å². The van der Waals surface area contributed by atoms with Gasteiger partial charge in [-0.15, -0.1) is 11.8 Å². The van der Waals surface area contributed by atoms with E-state index in [1.807, 2.05) is 0 Å². The molecule has 0 aliphatic carbocycles. The Morgan fingerprint density at radius 3 is 3.00 bits per heavy atom. The maximum Gasteiger partial charge on any atom is 0.255 e. The van der Waals surface area contributed by atoms with E-state index >= 15 is 0 Å². The van der Waals surface area contributed by atoms with E-state index in [0.29, 0.717) is 13.0 Å². The molecule has 1 amide bonds. The molecule has 4 N–H and O–H groups in total. The zero-order valence-corrected chi connectivity index (χ0v) is 9.08. The van der Waals surface area contributed by atoms with Crippen molar-refractivity contribution in [1.82, 2.24) is 5.32 Å². The fourth-order valence-electron chi connectivity index (χ4n) is 1.20. The number of anilines is 1. The number of phenolic OH excluding ortho intramolecular Hbond substituents is 1. The molecule has 0 bridgehead atoms. The summed E-state index contributed by atoms with van der Waals surface area (Å²) in [5, 5.41) is 12.2. The Morgan fingerprint density at radius 2 is 2.31 bits per heavy atom. The van der Waals surface area contributed by atoms with Gasteiger partial charge in [0.05, 0.1) is 11.3 Å². The lowest BCUT2D eigenvalue weighted by Gasteiger charge is -2.06. The zero-order chi connectivity index (χ0) is 12.0. The first-order valence-electron chi connectivity index (χ1n) is 4.92. The molecule has 0 fully saturated rings. The fourth-order valence-corrected chi connectivity index (χ4v) is 1.20. The maximum atomic E-state index is 11.6. The summed E-state index contributed by atoms with van der Waals surface area (Å²) in [5.74, 6) is 5.04. The van der Waals surface area contributed by atoms with Crippen molar-refractivity contribution in [3.05, 3.63) is 23.8 Å². The highest BCUT2D eigenvalue weighted by atomic mass is 16.3. The predicted molar refractivity (Wildman–Crippen MR) is 62.9 cm³/mol. The first kappa shape index (κ1) is 11.9. The molecule has 0 heterocycles. The van der Waals surface area contributed by atoms with Gasteiger partial charge in [0.2, 0.25) is 0 Å². The second kappa shape index (κ2) is 5.66. The molecule has 16 heavy (non-hydrogen) atoms. The Hall–Kier alpha value is -2.15. The van der Waals surface area contributed by atoms with Gasteiger partial charge in [0.1, 0.15) is 0 Å². The van der Waals surface area contributed by atoms with Gasteiger partial charge in [0.15, 0.2) is 5.75 Å². The smallest absolute Gasteiger partial charge is 0.255 e. The van der Waals surface area contributed by atoms with Crippen LogP contribution in [0.15, 0.2) is 18.2 Å². The van der Waals surface area contributed by atoms with Crippen molar-refractivity contribution in [3.63, 3.8) is 0 Å². The van der Waals surface area contributed by atoms with Gasteiger partial charge in [-0.1, -0.05) is 6.07 Å². The number of para-hydroxylation sites is 1. The average Bonchev–Trinajstić information content (AvgIpc) is 2.28. The van der Waals surface area contributed by atoms with Gasteiger partial charge in [-0.2, -0.15) is 0 Å². The highest BCUT2D eigenvalue weighted by Gasteiger charge is 2.11. The molecule has 84 valence electrons. The molecular formula is C12H14N2O2. The van der Waals surface area contributed by atoms with Crippen molar-refractivity contribution < 1.29 is 9.90 Å². The lowest BCUT2D eigenvalue weighted by molar-refractivity contribution is 0.0952. The molecule has 0 aliphatic heterocycles. The number of aromatic hydroxyl groups is 1. The molecular weight excluding hydrogens is 204 g/mol. The molecule has 0 saturated heterocycles. The third-order valence-electron chi connectivity index (χ3n) is 2.02. The topological polar surface area (TPSA) is 75.4 Å². The molecule has 1 aromatic rings. The van der Waals surface area contributed by atoms with Crippen LogP contribution in [0.3, 0.4) is 0 Å². The van der Waals surface area contributed by atoms with Crippen molar-refractivity contribution >= 4 is 11.6 Å². The van der Waals surface area contributed by atoms with E-state index in [0.717, 1.165) is 0 Å². The quantitative estimate of drug-likeness (QED) is 0.308. The molecule has 0 radical (unpaired) electrons. The first-order chi connectivity index (χ1) is 7.66. The average molecular weight is 218 g/mol. The Labute approximate surface area is 94.5 Å². The lowest BCUT2D eigenvalue weighted by Crippen LogP contribution is -2.24. The van der Waals surface area contributed by atoms with E-state index in [4.69, 9.17) is 5.73 Å². The number of phenols is 1. The number of amides is 1. The molecule has 0 spiro atoms. The molecule has 0 saturated carbocycles. The minimum absolute atomic E-state index is 0.179. The Balaban J connectivity index is 2.65. The number of hydrogen-bond donors (Lipinski definition) is 3. The molecule has 0 unspecified atom stereocenters. The van der Waals surface area contributed by atoms with Crippen LogP contribution in [-0.2, 0) is 0 Å². The minimum Gasteiger partial charge on any atom is -0.505 e. The summed E-state index contributed by atoms with van der Waals surface area (Å²) in [4.78, 5) is 11.6. The predicted octanol–water partition coefficient (Wildman–Crippen LogP) is 1.12. The van der Waals surface area contributed by atoms with Crippen LogP contribution in [0.1, 0.15) is 23.7 Å². The van der Waals surface area contributed by atoms with Gasteiger partial charge in [-0.3, -0.25) is 4.79 Å². The number of nitrogen functional groups attached to an aromatic ring is 1. The number of hydrogen-bond acceptors (Lipinski definition) is 3. The summed E-state index contributed by atoms with van der Waals surface area (Å²) in [6.07, 6.45) is 0.589. The highest BCUT2D eigenvalue weighted by molar-refractivity contribution is 5.98. The number of benzene rings is 1. The van der Waals surface area contributed by atoms with Crippen LogP contribution in [0.5, 0.6) is 5.75 Å². The van der Waals surface area contributed by atoms with Gasteiger partial charge < -0.3 is 16.2 Å². The number of nitrogens with two attached hydrogens (primary N) is 1. The van der Waals surface area contributed by atoms with Gasteiger partial charge in [0, 0.05) is 13.0 Å². The largest absolute Gasteiger partial charge is 0.505 e. The van der Waals surface area contributed by atoms with Gasteiger partial charge in [-0.25, -0.2) is 0 Å². The van der Waals surface area contributed by atoms with E-state index in [1.54, 1.807) is 13.0 Å². The minimum atomic E-state index is -0.345. The fraction of sp³-hybridized carbons (Fsp3) is 0.250. The Kier molecular flexibility index (Phi) is 4.22. The molecule has 4 nitrogen and oxygen atoms in total. The van der Waals surface area contributed by atoms with Crippen molar-refractivity contribution in [2.75, 3.05) is 12.3 Å². The highest BCUT2D eigenvalue weighted by Crippen LogP contribution is 2.23. The SMILES string of the molecule is CC#CCCNC(=O)c1cccc(N)c1O. The molecule has 0 aromatic heterocycles. The third kappa shape index (κ3) is 2.92. The summed E-state index contributed by atoms with van der Waals surface area (Å²) in [6.45, 7) is 2.19. The van der Waals surface area contributed by atoms with E-state index < -0.39 is 0 Å². The Bertz CT molecular complexity index is 444. The molecule has 1 rings (SSSR count). The Morgan fingerprint density at radius 1 is 1.56 bits per heavy atom. The second-order valence-corrected chi connectivity index (χ2v) is 3.18. The van der Waals surface area contributed by atoms with Crippen molar-refractivity contribution in [2.24, 2.45) is 0 Å². The summed E-state index contributed by atoms with van der Waals surface area (Å²) >= 11 is 0. The third-order valence-corrected chi connectivity index (χ3v) is 2.02. The summed E-state index contributed by atoms with van der Waals surface area (Å²) in [6, 6.07) is 4.68. The van der Waals surface area contributed by atoms with Crippen LogP contribution >= 0.6 is 0 Å². The molecule has 1 aromatic carbocycles. The van der Waals surface area contributed by atoms with Gasteiger partial charge in [-0.05, 0) is 19.1 Å². The summed E-state index contributed by atoms with van der Waals surface area (Å²) < 4.78 is 0. The van der Waals surface area contributed by atoms with Crippen LogP contribution in [0, 0.1) is 11.8 Å². The van der Waals surface area contributed by atoms with Crippen LogP contribution < -0.4 is 11.1 Å². The maximum absolute atomic E-state index is 11.6. The number of rotatable bonds is 3. The standard InChI is InChI=1S/C12H14N2O2/c1-2-3-4-8-14-12(16)9-6-5-7-10(13)11(9)15/h5-7,15H,4,8,13H2,1H3,(H,14,16). The van der Waals surface area contributed by atoms with Gasteiger partial charge >= 0.3 is 0 Å². The van der Waals surface area contributed by atoms with Crippen LogP contribution in [0.25, 0.3) is 0 Å². The van der Waals surface area contributed by atoms with E-state index in [2.05, 4.69) is 17.2 Å². The van der Waals surface area contributed by atoms with Crippen molar-refractivity contribution in [3.8, 4) is 17.6 Å². The van der Waals surface area contributed by atoms with Crippen LogP contribution in [-0.4, -0.2) is 17.6 Å². The summed E-state index contributed by atoms with van der Waals surface area (Å²) in [5.41, 5.74) is 5.86. The second-order valence-electron chi connectivity index (χ2n) is 3.18. The van der Waals surface area contributed by atoms with Crippen molar-refractivity contribution in [1.29, 1.82) is 0 Å². The van der Waals surface area contributed by atoms with Crippen LogP contribution in [0.2, 0.25) is 0 Å². The monoisotopic (exact) mass is 218 g/mol. The van der Waals surface area contributed by atoms with E-state index in [9.17, 15) is 9.90 Å². The van der Waals surface area contributed by atoms with E-state index in [-0.39, 0.29) is 22.9 Å². The number of nitrogens with one attached hydrogen (secondary N) is 1. The number of carbonyl (C=O) groups is 1. The normalized spacial score (nSPS) is 9.06. The molecule has 0 aliphatic rings. The summed E-state index contributed by atoms with van der Waals surface area (Å²) in [7, 11) is 0. The molecule has 0 atom stereocenters. The first-order valence-corrected chi connectivity index (χ1v) is 4.92. The van der Waals surface area contributed by atoms with E-state index in [1.165, 1.54) is 12.1 Å². The molecule has 4 heteroatoms. The zero-order valence-electron chi connectivity index (χ0n) is 9.08. The van der Waals surface area contributed by atoms with Crippen molar-refractivity contribution in [2.45, 2.75) is 13.3 Å². The lowest BCUT2D eigenvalue weighted by atomic mass is 10.1.